The molecular formula is C13H16BrN3. The quantitative estimate of drug-likeness (QED) is 0.865. The molecule has 0 aliphatic carbocycles. The summed E-state index contributed by atoms with van der Waals surface area (Å²) >= 11 is 3.48. The number of nitrogens with zero attached hydrogens (tertiary/aromatic N) is 2. The van der Waals surface area contributed by atoms with Crippen molar-refractivity contribution in [2.45, 2.75) is 25.9 Å². The van der Waals surface area contributed by atoms with Gasteiger partial charge in [-0.05, 0) is 32.0 Å². The Bertz CT molecular complexity index is 452. The summed E-state index contributed by atoms with van der Waals surface area (Å²) in [7, 11) is 0. The van der Waals surface area contributed by atoms with Crippen LogP contribution in [-0.4, -0.2) is 25.2 Å². The maximum Gasteiger partial charge on any atom is 0.101 e. The molecule has 0 aromatic heterocycles. The van der Waals surface area contributed by atoms with Crippen LogP contribution in [0.3, 0.4) is 0 Å². The standard InChI is InChI=1S/C13H16BrN3/c1-9-8-17(10(2)7-16-9)13-5-12(14)4-3-11(13)6-15/h3-5,9-10,16H,7-8H2,1-2H3. The molecule has 1 fully saturated rings. The molecule has 3 nitrogen and oxygen atoms in total. The van der Waals surface area contributed by atoms with E-state index < -0.39 is 0 Å². The molecule has 1 saturated heterocycles. The molecule has 0 amide bonds. The number of nitrogens with one attached hydrogen (secondary N) is 1. The molecule has 0 spiro atoms. The van der Waals surface area contributed by atoms with E-state index in [0.29, 0.717) is 12.1 Å². The number of halogens is 1. The highest BCUT2D eigenvalue weighted by Crippen LogP contribution is 2.27. The Morgan fingerprint density at radius 2 is 2.24 bits per heavy atom. The first-order valence-electron chi connectivity index (χ1n) is 5.81. The highest BCUT2D eigenvalue weighted by molar-refractivity contribution is 9.10. The average molecular weight is 294 g/mol. The van der Waals surface area contributed by atoms with Crippen LogP contribution in [0.5, 0.6) is 0 Å². The summed E-state index contributed by atoms with van der Waals surface area (Å²) in [5.74, 6) is 0. The van der Waals surface area contributed by atoms with Gasteiger partial charge >= 0.3 is 0 Å². The largest absolute Gasteiger partial charge is 0.365 e. The molecule has 17 heavy (non-hydrogen) atoms. The maximum absolute atomic E-state index is 9.18. The van der Waals surface area contributed by atoms with Crippen LogP contribution in [0.15, 0.2) is 22.7 Å². The third-order valence-corrected chi connectivity index (χ3v) is 3.65. The lowest BCUT2D eigenvalue weighted by molar-refractivity contribution is 0.425. The number of nitriles is 1. The van der Waals surface area contributed by atoms with Crippen LogP contribution >= 0.6 is 15.9 Å². The van der Waals surface area contributed by atoms with E-state index >= 15 is 0 Å². The number of hydrogen-bond donors (Lipinski definition) is 1. The Morgan fingerprint density at radius 1 is 1.47 bits per heavy atom. The minimum absolute atomic E-state index is 0.410. The van der Waals surface area contributed by atoms with E-state index in [1.165, 1.54) is 0 Å². The first-order chi connectivity index (χ1) is 8.11. The number of benzene rings is 1. The molecule has 1 aromatic carbocycles. The molecule has 2 atom stereocenters. The molecule has 1 aromatic rings. The summed E-state index contributed by atoms with van der Waals surface area (Å²) in [5, 5.41) is 12.6. The van der Waals surface area contributed by atoms with Gasteiger partial charge in [0.25, 0.3) is 0 Å². The van der Waals surface area contributed by atoms with Crippen molar-refractivity contribution in [2.24, 2.45) is 0 Å². The predicted molar refractivity (Wildman–Crippen MR) is 73.1 cm³/mol. The molecule has 1 aliphatic heterocycles. The summed E-state index contributed by atoms with van der Waals surface area (Å²) in [6.07, 6.45) is 0. The van der Waals surface area contributed by atoms with Crippen LogP contribution < -0.4 is 10.2 Å². The van der Waals surface area contributed by atoms with Crippen LogP contribution in [0, 0.1) is 11.3 Å². The monoisotopic (exact) mass is 293 g/mol. The molecule has 4 heteroatoms. The van der Waals surface area contributed by atoms with Gasteiger partial charge in [-0.2, -0.15) is 5.26 Å². The van der Waals surface area contributed by atoms with Gasteiger partial charge in [0.05, 0.1) is 11.3 Å². The van der Waals surface area contributed by atoms with E-state index in [4.69, 9.17) is 0 Å². The lowest BCUT2D eigenvalue weighted by Gasteiger charge is -2.39. The highest BCUT2D eigenvalue weighted by Gasteiger charge is 2.24. The number of anilines is 1. The Balaban J connectivity index is 2.38. The second kappa shape index (κ2) is 5.07. The van der Waals surface area contributed by atoms with Crippen LogP contribution in [0.1, 0.15) is 19.4 Å². The molecule has 1 N–H and O–H groups in total. The Hall–Kier alpha value is -1.05. The van der Waals surface area contributed by atoms with E-state index in [9.17, 15) is 5.26 Å². The first kappa shape index (κ1) is 12.4. The van der Waals surface area contributed by atoms with E-state index in [1.54, 1.807) is 0 Å². The van der Waals surface area contributed by atoms with Crippen molar-refractivity contribution >= 4 is 21.6 Å². The number of hydrogen-bond acceptors (Lipinski definition) is 3. The van der Waals surface area contributed by atoms with Crippen molar-refractivity contribution in [1.29, 1.82) is 5.26 Å². The van der Waals surface area contributed by atoms with Gasteiger partial charge in [0.1, 0.15) is 6.07 Å². The lowest BCUT2D eigenvalue weighted by Crippen LogP contribution is -2.54. The molecule has 2 rings (SSSR count). The maximum atomic E-state index is 9.18. The van der Waals surface area contributed by atoms with Gasteiger partial charge < -0.3 is 10.2 Å². The van der Waals surface area contributed by atoms with Crippen molar-refractivity contribution in [3.63, 3.8) is 0 Å². The molecule has 90 valence electrons. The van der Waals surface area contributed by atoms with Crippen LogP contribution in [0.25, 0.3) is 0 Å². The fourth-order valence-electron chi connectivity index (χ4n) is 2.19. The van der Waals surface area contributed by atoms with Crippen LogP contribution in [0.2, 0.25) is 0 Å². The van der Waals surface area contributed by atoms with Crippen molar-refractivity contribution in [3.05, 3.63) is 28.2 Å². The summed E-state index contributed by atoms with van der Waals surface area (Å²) in [6.45, 7) is 6.24. The summed E-state index contributed by atoms with van der Waals surface area (Å²) in [5.41, 5.74) is 1.77. The minimum atomic E-state index is 0.410. The number of rotatable bonds is 1. The summed E-state index contributed by atoms with van der Waals surface area (Å²) < 4.78 is 1.02. The van der Waals surface area contributed by atoms with Crippen LogP contribution in [0.4, 0.5) is 5.69 Å². The number of piperazine rings is 1. The molecule has 0 bridgehead atoms. The first-order valence-corrected chi connectivity index (χ1v) is 6.61. The zero-order chi connectivity index (χ0) is 12.4. The summed E-state index contributed by atoms with van der Waals surface area (Å²) in [6, 6.07) is 8.96. The van der Waals surface area contributed by atoms with Crippen molar-refractivity contribution in [3.8, 4) is 6.07 Å². The van der Waals surface area contributed by atoms with Gasteiger partial charge in [0.2, 0.25) is 0 Å². The van der Waals surface area contributed by atoms with Crippen molar-refractivity contribution in [1.82, 2.24) is 5.32 Å². The molecule has 1 heterocycles. The SMILES string of the molecule is CC1CN(c2cc(Br)ccc2C#N)C(C)CN1. The van der Waals surface area contributed by atoms with E-state index in [0.717, 1.165) is 28.8 Å². The van der Waals surface area contributed by atoms with Crippen molar-refractivity contribution < 1.29 is 0 Å². The van der Waals surface area contributed by atoms with Gasteiger partial charge in [0, 0.05) is 29.6 Å². The van der Waals surface area contributed by atoms with Gasteiger partial charge in [-0.1, -0.05) is 15.9 Å². The molecule has 0 saturated carbocycles. The van der Waals surface area contributed by atoms with E-state index in [-0.39, 0.29) is 0 Å². The average Bonchev–Trinajstić information content (AvgIpc) is 2.32. The Kier molecular flexibility index (Phi) is 3.70. The Morgan fingerprint density at radius 3 is 2.94 bits per heavy atom. The van der Waals surface area contributed by atoms with Gasteiger partial charge in [-0.15, -0.1) is 0 Å². The molecule has 0 radical (unpaired) electrons. The highest BCUT2D eigenvalue weighted by atomic mass is 79.9. The van der Waals surface area contributed by atoms with Crippen molar-refractivity contribution in [2.75, 3.05) is 18.0 Å². The third kappa shape index (κ3) is 2.62. The second-order valence-electron chi connectivity index (χ2n) is 4.58. The van der Waals surface area contributed by atoms with Gasteiger partial charge in [0.15, 0.2) is 0 Å². The smallest absolute Gasteiger partial charge is 0.101 e. The fraction of sp³-hybridized carbons (Fsp3) is 0.462. The predicted octanol–water partition coefficient (Wildman–Crippen LogP) is 2.51. The normalized spacial score (nSPS) is 24.5. The van der Waals surface area contributed by atoms with Gasteiger partial charge in [-0.3, -0.25) is 0 Å². The van der Waals surface area contributed by atoms with Gasteiger partial charge in [-0.25, -0.2) is 0 Å². The van der Waals surface area contributed by atoms with E-state index in [1.807, 2.05) is 18.2 Å². The summed E-state index contributed by atoms with van der Waals surface area (Å²) in [4.78, 5) is 2.31. The Labute approximate surface area is 111 Å². The van der Waals surface area contributed by atoms with Crippen LogP contribution in [-0.2, 0) is 0 Å². The minimum Gasteiger partial charge on any atom is -0.365 e. The third-order valence-electron chi connectivity index (χ3n) is 3.15. The fourth-order valence-corrected chi connectivity index (χ4v) is 2.54. The molecule has 1 aliphatic rings. The van der Waals surface area contributed by atoms with E-state index in [2.05, 4.69) is 46.1 Å². The second-order valence-corrected chi connectivity index (χ2v) is 5.50. The topological polar surface area (TPSA) is 39.1 Å². The lowest BCUT2D eigenvalue weighted by atomic mass is 10.1. The molecular weight excluding hydrogens is 278 g/mol. The zero-order valence-electron chi connectivity index (χ0n) is 10.1. The zero-order valence-corrected chi connectivity index (χ0v) is 11.7. The molecule has 2 unspecified atom stereocenters.